The molecule has 2 atom stereocenters. The molecule has 0 radical (unpaired) electrons. The molecular formula is C32H61NO5. The largest absolute Gasteiger partial charge is 0.481 e. The van der Waals surface area contributed by atoms with E-state index in [1.807, 2.05) is 12.2 Å². The highest BCUT2D eigenvalue weighted by molar-refractivity contribution is 5.76. The summed E-state index contributed by atoms with van der Waals surface area (Å²) in [6, 6.07) is -0.549. The van der Waals surface area contributed by atoms with Gasteiger partial charge in [0.1, 0.15) is 0 Å². The molecule has 0 heterocycles. The molecule has 0 aromatic carbocycles. The molecule has 0 bridgehead atoms. The van der Waals surface area contributed by atoms with Crippen LogP contribution >= 0.6 is 0 Å². The summed E-state index contributed by atoms with van der Waals surface area (Å²) >= 11 is 0. The van der Waals surface area contributed by atoms with E-state index in [0.29, 0.717) is 6.42 Å². The third-order valence-electron chi connectivity index (χ3n) is 7.27. The van der Waals surface area contributed by atoms with Crippen LogP contribution in [0.15, 0.2) is 12.2 Å². The van der Waals surface area contributed by atoms with Crippen molar-refractivity contribution >= 4 is 11.9 Å². The van der Waals surface area contributed by atoms with Crippen molar-refractivity contribution in [1.29, 1.82) is 2.86 Å². The Kier molecular flexibility index (Phi) is 24.7. The van der Waals surface area contributed by atoms with Gasteiger partial charge in [0.2, 0.25) is 8.77 Å². The number of hydrogen-bond acceptors (Lipinski definition) is 4. The van der Waals surface area contributed by atoms with Crippen LogP contribution in [0.5, 0.6) is 0 Å². The fourth-order valence-corrected chi connectivity index (χ4v) is 4.76. The van der Waals surface area contributed by atoms with E-state index in [1.165, 1.54) is 77.0 Å². The number of aliphatic carboxylic acids is 1. The van der Waals surface area contributed by atoms with E-state index < -0.39 is 18.1 Å². The first kappa shape index (κ1) is 32.8. The van der Waals surface area contributed by atoms with Gasteiger partial charge in [-0.1, -0.05) is 135 Å². The Morgan fingerprint density at radius 2 is 1.18 bits per heavy atom. The predicted molar refractivity (Wildman–Crippen MR) is 158 cm³/mol. The highest BCUT2D eigenvalue weighted by atomic mass is 16.4. The van der Waals surface area contributed by atoms with Crippen LogP contribution in [-0.4, -0.2) is 48.8 Å². The summed E-state index contributed by atoms with van der Waals surface area (Å²) < 4.78 is 14.6. The highest BCUT2D eigenvalue weighted by Crippen LogP contribution is 2.13. The van der Waals surface area contributed by atoms with Gasteiger partial charge in [0.25, 0.3) is 0 Å². The van der Waals surface area contributed by atoms with Crippen LogP contribution in [0.3, 0.4) is 0 Å². The fraction of sp³-hybridized carbons (Fsp3) is 0.875. The fourth-order valence-electron chi connectivity index (χ4n) is 4.76. The Bertz CT molecular complexity index is 606. The number of amides is 1. The minimum Gasteiger partial charge on any atom is -0.481 e. The van der Waals surface area contributed by atoms with Gasteiger partial charge in [-0.05, 0) is 25.7 Å². The van der Waals surface area contributed by atoms with E-state index in [1.54, 1.807) is 0 Å². The normalized spacial score (nSPS) is 13.8. The number of rotatable bonds is 31. The lowest BCUT2D eigenvalue weighted by atomic mass is 10.0. The van der Waals surface area contributed by atoms with Gasteiger partial charge in [-0.15, -0.1) is 0 Å². The third kappa shape index (κ3) is 26.2. The first-order valence-electron chi connectivity index (χ1n) is 16.7. The maximum atomic E-state index is 12.4. The lowest BCUT2D eigenvalue weighted by Crippen LogP contribution is -2.45. The second kappa shape index (κ2) is 28.6. The molecule has 0 aromatic rings. The number of carboxylic acid groups (broad SMARTS) is 1. The Labute approximate surface area is 237 Å². The average molecular weight is 544 g/mol. The van der Waals surface area contributed by atoms with E-state index in [2.05, 4.69) is 17.3 Å². The van der Waals surface area contributed by atoms with E-state index in [9.17, 15) is 9.59 Å². The van der Waals surface area contributed by atoms with Crippen LogP contribution in [-0.2, 0) is 9.59 Å². The molecular weight excluding hydrogens is 478 g/mol. The van der Waals surface area contributed by atoms with Crippen LogP contribution in [0.1, 0.15) is 161 Å². The van der Waals surface area contributed by atoms with Gasteiger partial charge in [0.05, 0.1) is 18.8 Å². The van der Waals surface area contributed by atoms with E-state index >= 15 is 0 Å². The molecule has 0 spiro atoms. The minimum absolute atomic E-state index is 0.0195. The molecule has 0 fully saturated rings. The average Bonchev–Trinajstić information content (AvgIpc) is 2.93. The van der Waals surface area contributed by atoms with Gasteiger partial charge in [0.15, 0.2) is 0 Å². The standard InChI is InChI=1S/C32H61NO5/c1-2-3-4-5-6-7-8-9-10-13-16-19-22-25-30(35)29(28-34)33-31(36)26-23-20-17-14-11-12-15-18-21-24-27-32(37)38/h22,25,29-30,34-35H,2-21,23-24,26-28H2,1H3,(H,33,36)(H,37,38)/b25-22+/t29-,30+/m1/s1/i34T,35T. The molecule has 6 nitrogen and oxygen atoms in total. The number of hydrogen-bond donors (Lipinski definition) is 4. The quantitative estimate of drug-likeness (QED) is 0.0526. The van der Waals surface area contributed by atoms with E-state index in [-0.39, 0.29) is 18.9 Å². The van der Waals surface area contributed by atoms with E-state index in [4.69, 9.17) is 13.1 Å². The third-order valence-corrected chi connectivity index (χ3v) is 7.27. The van der Waals surface area contributed by atoms with Crippen molar-refractivity contribution in [2.75, 3.05) is 6.61 Å². The summed E-state index contributed by atoms with van der Waals surface area (Å²) in [5.74, 6) is -0.801. The van der Waals surface area contributed by atoms with Crippen LogP contribution in [0, 0.1) is 0 Å². The number of aliphatic hydroxyl groups is 2. The summed E-state index contributed by atoms with van der Waals surface area (Å²) in [7, 11) is 0. The van der Waals surface area contributed by atoms with Crippen molar-refractivity contribution in [2.45, 2.75) is 173 Å². The molecule has 6 heteroatoms. The number of carbonyl (C=O) groups is 2. The Morgan fingerprint density at radius 1 is 0.711 bits per heavy atom. The number of carbonyl (C=O) groups excluding carboxylic acids is 1. The van der Waals surface area contributed by atoms with Crippen LogP contribution < -0.4 is 5.32 Å². The maximum Gasteiger partial charge on any atom is 0.303 e. The Morgan fingerprint density at radius 3 is 1.66 bits per heavy atom. The molecule has 0 unspecified atom stereocenters. The van der Waals surface area contributed by atoms with Crippen LogP contribution in [0.25, 0.3) is 0 Å². The van der Waals surface area contributed by atoms with Gasteiger partial charge < -0.3 is 20.6 Å². The SMILES string of the molecule is [3H]OC[C@@H](NC(=O)CCCCCCCCCCCCC(=O)O)[C@H](/C=C/CCCCCCCCCCCCC)O[3H]. The molecule has 1 amide bonds. The summed E-state index contributed by atoms with van der Waals surface area (Å²) in [6.45, 7) is 2.24. The van der Waals surface area contributed by atoms with Crippen molar-refractivity contribution in [3.63, 3.8) is 0 Å². The second-order valence-corrected chi connectivity index (χ2v) is 11.0. The molecule has 4 N–H and O–H groups in total. The minimum atomic E-state index is -0.708. The molecule has 224 valence electrons. The second-order valence-electron chi connectivity index (χ2n) is 11.0. The van der Waals surface area contributed by atoms with Crippen molar-refractivity contribution in [3.8, 4) is 0 Å². The van der Waals surface area contributed by atoms with Crippen molar-refractivity contribution in [2.24, 2.45) is 0 Å². The van der Waals surface area contributed by atoms with Gasteiger partial charge in [-0.2, -0.15) is 0 Å². The zero-order valence-electron chi connectivity index (χ0n) is 26.6. The first-order valence-corrected chi connectivity index (χ1v) is 15.9. The highest BCUT2D eigenvalue weighted by Gasteiger charge is 2.17. The smallest absolute Gasteiger partial charge is 0.303 e. The summed E-state index contributed by atoms with van der Waals surface area (Å²) in [5, 5.41) is 20.9. The number of nitrogens with one attached hydrogen (secondary N) is 1. The molecule has 0 aromatic heterocycles. The summed E-state index contributed by atoms with van der Waals surface area (Å²) in [4.78, 5) is 22.9. The number of aliphatic hydroxyl groups excluding tert-OH is 2. The van der Waals surface area contributed by atoms with Crippen LogP contribution in [0.4, 0.5) is 0 Å². The molecule has 0 aliphatic rings. The molecule has 38 heavy (non-hydrogen) atoms. The van der Waals surface area contributed by atoms with Gasteiger partial charge in [0, 0.05) is 12.8 Å². The number of carboxylic acids is 1. The van der Waals surface area contributed by atoms with E-state index in [0.717, 1.165) is 64.2 Å². The predicted octanol–water partition coefficient (Wildman–Crippen LogP) is 7.85. The molecule has 0 aliphatic heterocycles. The monoisotopic (exact) mass is 543 g/mol. The van der Waals surface area contributed by atoms with Crippen molar-refractivity contribution in [3.05, 3.63) is 12.2 Å². The Balaban J connectivity index is 3.90. The zero-order chi connectivity index (χ0) is 29.5. The van der Waals surface area contributed by atoms with Gasteiger partial charge >= 0.3 is 5.97 Å². The van der Waals surface area contributed by atoms with Gasteiger partial charge in [-0.25, -0.2) is 0 Å². The van der Waals surface area contributed by atoms with Crippen LogP contribution in [0.2, 0.25) is 0 Å². The number of allylic oxidation sites excluding steroid dienone is 1. The lowest BCUT2D eigenvalue weighted by Gasteiger charge is -2.20. The van der Waals surface area contributed by atoms with Crippen molar-refractivity contribution in [1.82, 2.24) is 5.32 Å². The number of unbranched alkanes of at least 4 members (excludes halogenated alkanes) is 20. The zero-order valence-corrected chi connectivity index (χ0v) is 24.6. The summed E-state index contributed by atoms with van der Waals surface area (Å²) in [5.41, 5.74) is 0. The van der Waals surface area contributed by atoms with Crippen molar-refractivity contribution < 1.29 is 24.9 Å². The molecule has 0 rings (SSSR count). The Hall–Kier alpha value is -1.40. The lowest BCUT2D eigenvalue weighted by molar-refractivity contribution is -0.137. The maximum absolute atomic E-state index is 12.4. The first-order chi connectivity index (χ1) is 19.5. The molecule has 0 saturated heterocycles. The molecule has 0 aliphatic carbocycles. The molecule has 0 saturated carbocycles. The van der Waals surface area contributed by atoms with Gasteiger partial charge in [-0.3, -0.25) is 9.59 Å². The topological polar surface area (TPSA) is 107 Å². The summed E-state index contributed by atoms with van der Waals surface area (Å²) in [6.07, 6.45) is 29.7.